The van der Waals surface area contributed by atoms with Crippen LogP contribution in [0.4, 0.5) is 0 Å². The van der Waals surface area contributed by atoms with Gasteiger partial charge in [0.25, 0.3) is 0 Å². The average Bonchev–Trinajstić information content (AvgIpc) is 2.61. The van der Waals surface area contributed by atoms with Crippen LogP contribution in [0.3, 0.4) is 0 Å². The number of rotatable bonds is 32. The number of aliphatic hydroxyl groups excluding tert-OH is 1. The van der Waals surface area contributed by atoms with Crippen LogP contribution in [-0.2, 0) is 78.4 Å². The number of imidazole rings is 2. The van der Waals surface area contributed by atoms with Gasteiger partial charge in [0.1, 0.15) is 48.3 Å². The second-order valence-corrected chi connectivity index (χ2v) is 21.9. The Labute approximate surface area is 504 Å². The monoisotopic (exact) mass is 1210 g/mol. The largest absolute Gasteiger partial charge is 0.481 e. The molecule has 0 aliphatic carbocycles. The fraction of sp³-hybridized carbons (Fsp3) is 0.441. The van der Waals surface area contributed by atoms with E-state index in [9.17, 15) is 63.0 Å². The zero-order chi connectivity index (χ0) is 62.9. The van der Waals surface area contributed by atoms with Gasteiger partial charge in [0.05, 0.1) is 31.7 Å². The smallest absolute Gasteiger partial charge is 0.305 e. The third-order valence-corrected chi connectivity index (χ3v) is 15.6. The van der Waals surface area contributed by atoms with Crippen LogP contribution in [0.5, 0.6) is 0 Å². The molecule has 88 heavy (non-hydrogen) atoms. The molecule has 2 aliphatic heterocycles. The Morgan fingerprint density at radius 2 is 1.11 bits per heavy atom. The van der Waals surface area contributed by atoms with Crippen molar-refractivity contribution in [3.8, 4) is 0 Å². The van der Waals surface area contributed by atoms with E-state index in [1.807, 2.05) is 0 Å². The summed E-state index contributed by atoms with van der Waals surface area (Å²) < 4.78 is 0. The number of nitrogens with two attached hydrogens (primary N) is 1. The predicted octanol–water partition coefficient (Wildman–Crippen LogP) is -1.40. The van der Waals surface area contributed by atoms with Gasteiger partial charge in [0.2, 0.25) is 53.2 Å². The van der Waals surface area contributed by atoms with Crippen LogP contribution in [0.2, 0.25) is 0 Å². The van der Waals surface area contributed by atoms with Crippen LogP contribution < -0.4 is 48.3 Å². The van der Waals surface area contributed by atoms with Gasteiger partial charge in [-0.3, -0.25) is 52.7 Å². The highest BCUT2D eigenvalue weighted by molar-refractivity contribution is 6.00. The fourth-order valence-corrected chi connectivity index (χ4v) is 11.0. The molecule has 0 saturated carbocycles. The minimum Gasteiger partial charge on any atom is -0.481 e. The van der Waals surface area contributed by atoms with E-state index in [1.165, 1.54) is 29.9 Å². The van der Waals surface area contributed by atoms with Gasteiger partial charge in [0.15, 0.2) is 5.78 Å². The Bertz CT molecular complexity index is 3450. The Hall–Kier alpha value is -9.77. The molecule has 2 saturated heterocycles. The first-order chi connectivity index (χ1) is 42.4. The number of para-hydroxylation sites is 2. The number of nitrogens with zero attached hydrogens (tertiary/aromatic N) is 3. The van der Waals surface area contributed by atoms with Crippen molar-refractivity contribution in [1.82, 2.24) is 77.3 Å². The van der Waals surface area contributed by atoms with Crippen molar-refractivity contribution in [2.75, 3.05) is 19.7 Å². The Balaban J connectivity index is 1.02. The number of ketones is 1. The number of aliphatic hydroxyl groups is 1. The van der Waals surface area contributed by atoms with E-state index < -0.39 is 121 Å². The molecule has 9 amide bonds. The molecular formula is C59H74N16O13. The molecular weight excluding hydrogens is 1140 g/mol. The molecule has 2 aliphatic rings. The van der Waals surface area contributed by atoms with E-state index in [2.05, 4.69) is 72.4 Å². The van der Waals surface area contributed by atoms with Gasteiger partial charge in [0, 0.05) is 103 Å². The highest BCUT2D eigenvalue weighted by Gasteiger charge is 2.40. The Morgan fingerprint density at radius 1 is 0.625 bits per heavy atom. The van der Waals surface area contributed by atoms with Crippen LogP contribution in [-0.4, -0.2) is 184 Å². The van der Waals surface area contributed by atoms with Crippen LogP contribution in [0, 0.1) is 0 Å². The number of carboxylic acid groups (broad SMARTS) is 1. The first-order valence-electron chi connectivity index (χ1n) is 29.3. The molecule has 2 fully saturated rings. The predicted molar refractivity (Wildman–Crippen MR) is 316 cm³/mol. The van der Waals surface area contributed by atoms with Gasteiger partial charge < -0.3 is 83.3 Å². The van der Waals surface area contributed by atoms with E-state index >= 15 is 0 Å². The quantitative estimate of drug-likeness (QED) is 0.0216. The number of hydrogen-bond donors (Lipinski definition) is 15. The van der Waals surface area contributed by atoms with E-state index in [1.54, 1.807) is 67.8 Å². The molecule has 6 heterocycles. The Kier molecular flexibility index (Phi) is 22.3. The number of unbranched alkanes of at least 4 members (excludes halogenated alkanes) is 1. The van der Waals surface area contributed by atoms with Crippen molar-refractivity contribution in [3.63, 3.8) is 0 Å². The molecule has 29 nitrogen and oxygen atoms in total. The first kappa shape index (κ1) is 64.2. The standard InChI is InChI=1S/C59H74N16O13/c1-2-49(77)48-15-9-19-75(48)59(88)41(14-7-8-18-60)68-53(82)42(20-32-25-63-38-12-5-3-10-36(32)38)70-57(86)46(24-51(79)80)73-56(85)45(23-35-28-62-31-66-35)72-58(87)47(29-76)74-54(83)43(21-33-26-64-39-13-6-4-11-37(33)39)69-55(84)44(22-34-27-61-30-65-34)71-52(81)40-16-17-50(78)67-40/h3-6,10-13,25-28,30-31,40-48,63-64,76H,2,7-9,14-24,29,60H2,1H3,(H,61,65)(H,62,66)(H,67,78)(H,68,82)(H,69,84)(H,70,86)(H,71,81)(H,72,87)(H,73,85)(H,74,83)(H,79,80)/t40-,41-,42-,43-,44-,45-,46-,47-,48-/m0/s1. The summed E-state index contributed by atoms with van der Waals surface area (Å²) in [6.45, 7) is 1.23. The summed E-state index contributed by atoms with van der Waals surface area (Å²) in [7, 11) is 0. The van der Waals surface area contributed by atoms with Crippen molar-refractivity contribution in [2.24, 2.45) is 5.73 Å². The highest BCUT2D eigenvalue weighted by Crippen LogP contribution is 2.24. The summed E-state index contributed by atoms with van der Waals surface area (Å²) in [5.74, 6) is -9.20. The normalized spacial score (nSPS) is 17.1. The summed E-state index contributed by atoms with van der Waals surface area (Å²) in [4.78, 5) is 174. The molecule has 0 bridgehead atoms. The number of H-pyrrole nitrogens is 4. The third-order valence-electron chi connectivity index (χ3n) is 15.6. The maximum Gasteiger partial charge on any atom is 0.305 e. The summed E-state index contributed by atoms with van der Waals surface area (Å²) in [6, 6.07) is 1.78. The maximum absolute atomic E-state index is 14.7. The van der Waals surface area contributed by atoms with Crippen molar-refractivity contribution < 1.29 is 63.0 Å². The SMILES string of the molecule is CCC(=O)[C@@H]1CCCN1C(=O)[C@H](CCCCN)NC(=O)[C@H](Cc1c[nH]c2ccccc12)NC(=O)[C@H](CC(=O)O)NC(=O)[C@H](Cc1cnc[nH]1)NC(=O)[C@H](CO)NC(=O)[C@H](Cc1c[nH]c2ccccc12)NC(=O)[C@H](Cc1cnc[nH]1)NC(=O)[C@@H]1CCC(=O)N1. The number of carboxylic acids is 1. The number of Topliss-reactive ketones (excluding diaryl/α,β-unsaturated/α-hetero) is 1. The minimum absolute atomic E-state index is 0.100. The molecule has 2 aromatic carbocycles. The fourth-order valence-electron chi connectivity index (χ4n) is 11.0. The maximum atomic E-state index is 14.7. The number of aromatic amines is 4. The van der Waals surface area contributed by atoms with Gasteiger partial charge in [-0.1, -0.05) is 43.3 Å². The molecule has 16 N–H and O–H groups in total. The third kappa shape index (κ3) is 16.8. The number of amides is 9. The lowest BCUT2D eigenvalue weighted by Gasteiger charge is -2.30. The molecule has 0 spiro atoms. The van der Waals surface area contributed by atoms with Gasteiger partial charge in [-0.2, -0.15) is 0 Å². The van der Waals surface area contributed by atoms with Crippen molar-refractivity contribution in [2.45, 2.75) is 145 Å². The molecule has 4 aromatic heterocycles. The lowest BCUT2D eigenvalue weighted by molar-refractivity contribution is -0.142. The van der Waals surface area contributed by atoms with Gasteiger partial charge in [-0.25, -0.2) is 9.97 Å². The number of carbonyl (C=O) groups is 11. The summed E-state index contributed by atoms with van der Waals surface area (Å²) >= 11 is 0. The van der Waals surface area contributed by atoms with Crippen LogP contribution >= 0.6 is 0 Å². The number of aliphatic carboxylic acids is 1. The van der Waals surface area contributed by atoms with Gasteiger partial charge in [-0.15, -0.1) is 0 Å². The summed E-state index contributed by atoms with van der Waals surface area (Å²) in [5, 5.41) is 43.0. The lowest BCUT2D eigenvalue weighted by Crippen LogP contribution is -2.61. The number of hydrogen-bond acceptors (Lipinski definition) is 15. The number of likely N-dealkylation sites (tertiary alicyclic amines) is 1. The number of carbonyl (C=O) groups excluding carboxylic acids is 10. The molecule has 29 heteroatoms. The highest BCUT2D eigenvalue weighted by atomic mass is 16.4. The van der Waals surface area contributed by atoms with Crippen LogP contribution in [0.1, 0.15) is 87.2 Å². The average molecular weight is 1220 g/mol. The van der Waals surface area contributed by atoms with Crippen LogP contribution in [0.15, 0.2) is 86.0 Å². The van der Waals surface area contributed by atoms with Crippen LogP contribution in [0.25, 0.3) is 21.8 Å². The second kappa shape index (κ2) is 30.5. The number of nitrogens with one attached hydrogen (secondary N) is 12. The minimum atomic E-state index is -1.92. The molecule has 0 unspecified atom stereocenters. The number of benzene rings is 2. The zero-order valence-electron chi connectivity index (χ0n) is 48.4. The topological polar surface area (TPSA) is 443 Å². The second-order valence-electron chi connectivity index (χ2n) is 21.9. The lowest BCUT2D eigenvalue weighted by atomic mass is 10.0. The van der Waals surface area contributed by atoms with E-state index in [0.29, 0.717) is 70.9 Å². The van der Waals surface area contributed by atoms with Gasteiger partial charge >= 0.3 is 5.97 Å². The molecule has 9 atom stereocenters. The van der Waals surface area contributed by atoms with Crippen molar-refractivity contribution in [1.29, 1.82) is 0 Å². The summed E-state index contributed by atoms with van der Waals surface area (Å²) in [6.07, 6.45) is 9.36. The summed E-state index contributed by atoms with van der Waals surface area (Å²) in [5.41, 5.74) is 9.02. The Morgan fingerprint density at radius 3 is 1.60 bits per heavy atom. The van der Waals surface area contributed by atoms with E-state index in [-0.39, 0.29) is 75.3 Å². The first-order valence-corrected chi connectivity index (χ1v) is 29.3. The van der Waals surface area contributed by atoms with Crippen molar-refractivity contribution >= 4 is 86.7 Å². The molecule has 8 rings (SSSR count). The number of aromatic nitrogens is 6. The number of fused-ring (bicyclic) bond motifs is 2. The molecule has 6 aromatic rings. The van der Waals surface area contributed by atoms with Crippen molar-refractivity contribution in [3.05, 3.63) is 108 Å². The zero-order valence-corrected chi connectivity index (χ0v) is 48.4. The molecule has 0 radical (unpaired) electrons. The van der Waals surface area contributed by atoms with Gasteiger partial charge in [-0.05, 0) is 68.3 Å². The van der Waals surface area contributed by atoms with E-state index in [0.717, 1.165) is 0 Å². The molecule has 468 valence electrons. The van der Waals surface area contributed by atoms with E-state index in [4.69, 9.17) is 5.73 Å².